The summed E-state index contributed by atoms with van der Waals surface area (Å²) >= 11 is 0. The van der Waals surface area contributed by atoms with Gasteiger partial charge < -0.3 is 4.74 Å². The number of pyridine rings is 1. The number of nitrogens with zero attached hydrogens (tertiary/aromatic N) is 2. The Labute approximate surface area is 133 Å². The van der Waals surface area contributed by atoms with Gasteiger partial charge in [0.15, 0.2) is 0 Å². The van der Waals surface area contributed by atoms with Gasteiger partial charge in [-0.05, 0) is 50.2 Å². The van der Waals surface area contributed by atoms with Crippen molar-refractivity contribution in [2.45, 2.75) is 37.9 Å². The number of aromatic nitrogens is 1. The Kier molecular flexibility index (Phi) is 6.35. The van der Waals surface area contributed by atoms with Crippen molar-refractivity contribution >= 4 is 10.0 Å². The quantitative estimate of drug-likeness (QED) is 0.770. The average Bonchev–Trinajstić information content (AvgIpc) is 2.54. The summed E-state index contributed by atoms with van der Waals surface area (Å²) in [5, 5.41) is -0.373. The number of ether oxygens (including phenoxy) is 1. The van der Waals surface area contributed by atoms with Crippen LogP contribution in [0.4, 0.5) is 0 Å². The first-order valence-corrected chi connectivity index (χ1v) is 9.41. The molecule has 1 fully saturated rings. The Morgan fingerprint density at radius 1 is 1.41 bits per heavy atom. The number of piperidine rings is 1. The van der Waals surface area contributed by atoms with Gasteiger partial charge in [0.1, 0.15) is 0 Å². The van der Waals surface area contributed by atoms with E-state index >= 15 is 0 Å². The molecule has 1 atom stereocenters. The van der Waals surface area contributed by atoms with E-state index in [0.717, 1.165) is 19.3 Å². The van der Waals surface area contributed by atoms with E-state index in [2.05, 4.69) is 11.1 Å². The lowest BCUT2D eigenvalue weighted by Gasteiger charge is -2.33. The van der Waals surface area contributed by atoms with Gasteiger partial charge in [-0.15, -0.1) is 0 Å². The van der Waals surface area contributed by atoms with Crippen molar-refractivity contribution in [2.75, 3.05) is 26.8 Å². The molecule has 5 nitrogen and oxygen atoms in total. The van der Waals surface area contributed by atoms with Gasteiger partial charge in [0, 0.05) is 39.2 Å². The average molecular weight is 326 g/mol. The van der Waals surface area contributed by atoms with E-state index in [-0.39, 0.29) is 5.25 Å². The molecule has 2 heterocycles. The molecule has 1 aromatic heterocycles. The van der Waals surface area contributed by atoms with Crippen LogP contribution < -0.4 is 0 Å². The molecule has 22 heavy (non-hydrogen) atoms. The molecular formula is C16H26N2O3S. The maximum absolute atomic E-state index is 12.5. The molecule has 0 aliphatic carbocycles. The molecule has 1 unspecified atom stereocenters. The standard InChI is InChI=1S/C16H26N2O3S/c1-14(7-11-21-2)22(19,20)18-9-5-15(6-10-18)12-16-4-3-8-17-13-16/h3-4,8,13-15H,5-7,9-12H2,1-2H3. The maximum Gasteiger partial charge on any atom is 0.216 e. The lowest BCUT2D eigenvalue weighted by atomic mass is 9.92. The molecule has 1 aliphatic rings. The summed E-state index contributed by atoms with van der Waals surface area (Å²) in [6.07, 6.45) is 7.06. The van der Waals surface area contributed by atoms with Gasteiger partial charge in [0.25, 0.3) is 0 Å². The third kappa shape index (κ3) is 4.51. The predicted octanol–water partition coefficient (Wildman–Crippen LogP) is 2.09. The van der Waals surface area contributed by atoms with Crippen LogP contribution in [0.1, 0.15) is 31.7 Å². The van der Waals surface area contributed by atoms with Crippen LogP contribution in [0.5, 0.6) is 0 Å². The smallest absolute Gasteiger partial charge is 0.216 e. The molecule has 0 N–H and O–H groups in total. The van der Waals surface area contributed by atoms with Crippen LogP contribution in [0.15, 0.2) is 24.5 Å². The Balaban J connectivity index is 1.86. The second-order valence-electron chi connectivity index (χ2n) is 6.04. The molecule has 0 aromatic carbocycles. The topological polar surface area (TPSA) is 59.5 Å². The van der Waals surface area contributed by atoms with Crippen molar-refractivity contribution < 1.29 is 13.2 Å². The number of sulfonamides is 1. The summed E-state index contributed by atoms with van der Waals surface area (Å²) in [5.74, 6) is 0.546. The molecule has 0 spiro atoms. The Bertz CT molecular complexity index is 540. The molecular weight excluding hydrogens is 300 g/mol. The van der Waals surface area contributed by atoms with Gasteiger partial charge in [-0.25, -0.2) is 12.7 Å². The fraction of sp³-hybridized carbons (Fsp3) is 0.688. The van der Waals surface area contributed by atoms with Gasteiger partial charge in [-0.2, -0.15) is 0 Å². The summed E-state index contributed by atoms with van der Waals surface area (Å²) in [7, 11) is -1.59. The maximum atomic E-state index is 12.5. The molecule has 1 aromatic rings. The summed E-state index contributed by atoms with van der Waals surface area (Å²) in [6, 6.07) is 4.04. The number of methoxy groups -OCH3 is 1. The van der Waals surface area contributed by atoms with Crippen LogP contribution in [-0.2, 0) is 21.2 Å². The van der Waals surface area contributed by atoms with Crippen molar-refractivity contribution in [3.8, 4) is 0 Å². The highest BCUT2D eigenvalue weighted by molar-refractivity contribution is 7.89. The monoisotopic (exact) mass is 326 g/mol. The minimum absolute atomic E-state index is 0.373. The van der Waals surface area contributed by atoms with Gasteiger partial charge in [-0.1, -0.05) is 6.07 Å². The number of rotatable bonds is 7. The highest BCUT2D eigenvalue weighted by Gasteiger charge is 2.31. The Morgan fingerprint density at radius 3 is 2.73 bits per heavy atom. The summed E-state index contributed by atoms with van der Waals surface area (Å²) in [6.45, 7) is 3.52. The van der Waals surface area contributed by atoms with Crippen LogP contribution in [-0.4, -0.2) is 49.8 Å². The van der Waals surface area contributed by atoms with Crippen LogP contribution in [0.3, 0.4) is 0 Å². The summed E-state index contributed by atoms with van der Waals surface area (Å²) in [5.41, 5.74) is 1.23. The predicted molar refractivity (Wildman–Crippen MR) is 87.1 cm³/mol. The third-order valence-electron chi connectivity index (χ3n) is 4.42. The summed E-state index contributed by atoms with van der Waals surface area (Å²) < 4.78 is 31.7. The first-order chi connectivity index (χ1) is 10.5. The highest BCUT2D eigenvalue weighted by Crippen LogP contribution is 2.25. The van der Waals surface area contributed by atoms with E-state index in [1.165, 1.54) is 5.56 Å². The third-order valence-corrected chi connectivity index (χ3v) is 6.76. The zero-order chi connectivity index (χ0) is 16.0. The van der Waals surface area contributed by atoms with Gasteiger partial charge >= 0.3 is 0 Å². The molecule has 6 heteroatoms. The first kappa shape index (κ1) is 17.4. The molecule has 124 valence electrons. The SMILES string of the molecule is COCCC(C)S(=O)(=O)N1CCC(Cc2cccnc2)CC1. The molecule has 0 bridgehead atoms. The van der Waals surface area contributed by atoms with Crippen LogP contribution in [0.25, 0.3) is 0 Å². The normalized spacial score (nSPS) is 19.2. The number of hydrogen-bond acceptors (Lipinski definition) is 4. The van der Waals surface area contributed by atoms with Crippen LogP contribution >= 0.6 is 0 Å². The van der Waals surface area contributed by atoms with Crippen LogP contribution in [0, 0.1) is 5.92 Å². The zero-order valence-electron chi connectivity index (χ0n) is 13.4. The molecule has 0 saturated carbocycles. The molecule has 2 rings (SSSR count). The molecule has 0 amide bonds. The zero-order valence-corrected chi connectivity index (χ0v) is 14.3. The van der Waals surface area contributed by atoms with E-state index < -0.39 is 10.0 Å². The molecule has 0 radical (unpaired) electrons. The van der Waals surface area contributed by atoms with E-state index in [4.69, 9.17) is 4.74 Å². The fourth-order valence-corrected chi connectivity index (χ4v) is 4.53. The van der Waals surface area contributed by atoms with Crippen LogP contribution in [0.2, 0.25) is 0 Å². The summed E-state index contributed by atoms with van der Waals surface area (Å²) in [4.78, 5) is 4.14. The minimum Gasteiger partial charge on any atom is -0.385 e. The molecule has 1 saturated heterocycles. The lowest BCUT2D eigenvalue weighted by Crippen LogP contribution is -2.43. The Morgan fingerprint density at radius 2 is 2.14 bits per heavy atom. The van der Waals surface area contributed by atoms with E-state index in [9.17, 15) is 8.42 Å². The minimum atomic E-state index is -3.19. The molecule has 1 aliphatic heterocycles. The second kappa shape index (κ2) is 8.04. The lowest BCUT2D eigenvalue weighted by molar-refractivity contribution is 0.193. The fourth-order valence-electron chi connectivity index (χ4n) is 2.91. The largest absolute Gasteiger partial charge is 0.385 e. The first-order valence-electron chi connectivity index (χ1n) is 7.91. The van der Waals surface area contributed by atoms with Crippen molar-refractivity contribution in [3.05, 3.63) is 30.1 Å². The van der Waals surface area contributed by atoms with Gasteiger partial charge in [0.2, 0.25) is 10.0 Å². The van der Waals surface area contributed by atoms with E-state index in [1.54, 1.807) is 24.5 Å². The van der Waals surface area contributed by atoms with E-state index in [0.29, 0.717) is 32.0 Å². The second-order valence-corrected chi connectivity index (χ2v) is 8.40. The highest BCUT2D eigenvalue weighted by atomic mass is 32.2. The van der Waals surface area contributed by atoms with Crippen molar-refractivity contribution in [3.63, 3.8) is 0 Å². The van der Waals surface area contributed by atoms with Gasteiger partial charge in [0.05, 0.1) is 5.25 Å². The van der Waals surface area contributed by atoms with Crippen molar-refractivity contribution in [1.29, 1.82) is 0 Å². The van der Waals surface area contributed by atoms with Crippen molar-refractivity contribution in [2.24, 2.45) is 5.92 Å². The van der Waals surface area contributed by atoms with E-state index in [1.807, 2.05) is 12.3 Å². The Hall–Kier alpha value is -0.980. The van der Waals surface area contributed by atoms with Gasteiger partial charge in [-0.3, -0.25) is 4.98 Å². The number of hydrogen-bond donors (Lipinski definition) is 0. The van der Waals surface area contributed by atoms with Crippen molar-refractivity contribution in [1.82, 2.24) is 9.29 Å².